The quantitative estimate of drug-likeness (QED) is 0.358. The van der Waals surface area contributed by atoms with Gasteiger partial charge >= 0.3 is 0 Å². The summed E-state index contributed by atoms with van der Waals surface area (Å²) in [7, 11) is -0.180. The van der Waals surface area contributed by atoms with E-state index >= 15 is 0 Å². The van der Waals surface area contributed by atoms with Gasteiger partial charge < -0.3 is 5.73 Å². The van der Waals surface area contributed by atoms with Gasteiger partial charge in [-0.25, -0.2) is 4.57 Å². The van der Waals surface area contributed by atoms with Crippen LogP contribution in [0.1, 0.15) is 0 Å². The molecular weight excluding hydrogens is 119 g/mol. The molecule has 4 N–H and O–H groups in total. The van der Waals surface area contributed by atoms with E-state index in [4.69, 9.17) is 0 Å². The van der Waals surface area contributed by atoms with E-state index in [1.807, 2.05) is 0 Å². The second kappa shape index (κ2) is 3.15. The van der Waals surface area contributed by atoms with E-state index in [2.05, 4.69) is 23.0 Å². The van der Waals surface area contributed by atoms with Crippen molar-refractivity contribution in [3.63, 3.8) is 0 Å². The lowest BCUT2D eigenvalue weighted by Gasteiger charge is -1.76. The molecule has 0 unspecified atom stereocenters. The van der Waals surface area contributed by atoms with Gasteiger partial charge in [0, 0.05) is 12.2 Å². The molecule has 0 rings (SSSR count). The standard InChI is InChI=1S/CH3N2OPS/c2-1(6)3-5-4/h(H3,2,3,4,6)/p+1. The minimum Gasteiger partial charge on any atom is -0.300 e. The predicted octanol–water partition coefficient (Wildman–Crippen LogP) is -0.691. The van der Waals surface area contributed by atoms with Crippen LogP contribution in [0.5, 0.6) is 0 Å². The highest BCUT2D eigenvalue weighted by molar-refractivity contribution is 7.80. The first-order valence-corrected chi connectivity index (χ1v) is 2.43. The number of hydrogen-bond acceptors (Lipinski definition) is 2. The van der Waals surface area contributed by atoms with Gasteiger partial charge in [-0.3, -0.25) is 5.09 Å². The molecule has 6 heavy (non-hydrogen) atoms. The van der Waals surface area contributed by atoms with Crippen molar-refractivity contribution >= 4 is 25.9 Å². The van der Waals surface area contributed by atoms with Gasteiger partial charge in [0.05, 0.1) is 0 Å². The molecule has 0 spiro atoms. The Labute approximate surface area is 42.2 Å². The van der Waals surface area contributed by atoms with Crippen LogP contribution in [0.4, 0.5) is 0 Å². The summed E-state index contributed by atoms with van der Waals surface area (Å²) in [6.45, 7) is 0. The lowest BCUT2D eigenvalue weighted by atomic mass is 11.3. The zero-order chi connectivity index (χ0) is 4.99. The molecule has 0 fully saturated rings. The van der Waals surface area contributed by atoms with E-state index in [-0.39, 0.29) is 8.61 Å². The summed E-state index contributed by atoms with van der Waals surface area (Å²) in [4.78, 5) is 0. The highest BCUT2D eigenvalue weighted by Gasteiger charge is 1.81. The summed E-state index contributed by atoms with van der Waals surface area (Å²) in [5, 5.41) is 2.54. The monoisotopic (exact) mass is 123 g/mol. The van der Waals surface area contributed by atoms with E-state index < -0.39 is 0 Å². The fourth-order valence-electron chi connectivity index (χ4n) is 0.0509. The molecule has 0 atom stereocenters. The summed E-state index contributed by atoms with van der Waals surface area (Å²) in [6, 6.07) is 0. The highest BCUT2D eigenvalue weighted by atomic mass is 32.1. The van der Waals surface area contributed by atoms with E-state index in [0.29, 0.717) is 5.11 Å². The van der Waals surface area contributed by atoms with Gasteiger partial charge in [0.25, 0.3) is 13.7 Å². The first kappa shape index (κ1) is 5.95. The fraction of sp³-hybridized carbons (Fsp3) is 0. The van der Waals surface area contributed by atoms with Crippen molar-refractivity contribution in [3.05, 3.63) is 0 Å². The maximum atomic E-state index is 9.47. The minimum atomic E-state index is -0.180. The average Bonchev–Trinajstić information content (AvgIpc) is 1.35. The van der Waals surface area contributed by atoms with Crippen molar-refractivity contribution in [1.29, 1.82) is 0 Å². The molecule has 5 heteroatoms. The maximum absolute atomic E-state index is 9.47. The third-order valence-corrected chi connectivity index (χ3v) is 0.785. The van der Waals surface area contributed by atoms with Gasteiger partial charge in [-0.15, -0.1) is 0 Å². The topological polar surface area (TPSA) is 56.7 Å². The van der Waals surface area contributed by atoms with Crippen LogP contribution in [0.25, 0.3) is 0 Å². The molecule has 0 aliphatic heterocycles. The molecular formula is CH4N2OPS+. The van der Waals surface area contributed by atoms with Gasteiger partial charge in [0.2, 0.25) is 0 Å². The van der Waals surface area contributed by atoms with E-state index in [0.717, 1.165) is 0 Å². The van der Waals surface area contributed by atoms with Crippen LogP contribution in [0.3, 0.4) is 0 Å². The van der Waals surface area contributed by atoms with Crippen LogP contribution in [-0.2, 0) is 4.57 Å². The Balaban J connectivity index is 3.05. The summed E-state index contributed by atoms with van der Waals surface area (Å²) >= 11 is 4.37. The zero-order valence-corrected chi connectivity index (χ0v) is 4.68. The number of hydrogen-bond donors (Lipinski definition) is 2. The van der Waals surface area contributed by atoms with Crippen molar-refractivity contribution in [2.45, 2.75) is 0 Å². The molecule has 0 saturated carbocycles. The van der Waals surface area contributed by atoms with E-state index in [1.54, 1.807) is 0 Å². The van der Waals surface area contributed by atoms with Crippen LogP contribution in [0, 0.1) is 0 Å². The number of rotatable bonds is 1. The van der Waals surface area contributed by atoms with E-state index in [1.165, 1.54) is 0 Å². The van der Waals surface area contributed by atoms with Gasteiger partial charge in [0.1, 0.15) is 0 Å². The Morgan fingerprint density at radius 2 is 2.50 bits per heavy atom. The van der Waals surface area contributed by atoms with Crippen LogP contribution in [0.15, 0.2) is 0 Å². The van der Waals surface area contributed by atoms with Gasteiger partial charge in [-0.05, 0) is 0 Å². The van der Waals surface area contributed by atoms with Crippen LogP contribution < -0.4 is 10.8 Å². The molecule has 0 amide bonds. The van der Waals surface area contributed by atoms with E-state index in [9.17, 15) is 4.57 Å². The number of thiocarbonyl (C=S) groups is 1. The highest BCUT2D eigenvalue weighted by Crippen LogP contribution is 1.74. The largest absolute Gasteiger partial charge is 0.300 e. The number of nitrogens with one attached hydrogen (secondary N) is 1. The molecule has 0 heterocycles. The summed E-state index contributed by atoms with van der Waals surface area (Å²) in [5.41, 5.74) is 3.24. The molecule has 34 valence electrons. The third kappa shape index (κ3) is 3.95. The number of quaternary nitrogens is 1. The fourth-order valence-corrected chi connectivity index (χ4v) is 0.265. The molecule has 0 radical (unpaired) electrons. The Morgan fingerprint density at radius 1 is 2.00 bits per heavy atom. The molecule has 0 aliphatic carbocycles. The minimum absolute atomic E-state index is 0.180. The zero-order valence-electron chi connectivity index (χ0n) is 2.97. The molecule has 0 aromatic carbocycles. The summed E-state index contributed by atoms with van der Waals surface area (Å²) < 4.78 is 9.47. The second-order valence-corrected chi connectivity index (χ2v) is 1.53. The third-order valence-electron chi connectivity index (χ3n) is 0.170. The maximum Gasteiger partial charge on any atom is 0.283 e. The Kier molecular flexibility index (Phi) is 3.13. The van der Waals surface area contributed by atoms with Gasteiger partial charge in [-0.1, -0.05) is 0 Å². The smallest absolute Gasteiger partial charge is 0.283 e. The average molecular weight is 123 g/mol. The normalized spacial score (nSPS) is 8.17. The molecule has 0 bridgehead atoms. The van der Waals surface area contributed by atoms with Crippen LogP contribution >= 0.6 is 20.8 Å². The van der Waals surface area contributed by atoms with Crippen molar-refractivity contribution in [3.8, 4) is 0 Å². The van der Waals surface area contributed by atoms with Gasteiger partial charge in [0.15, 0.2) is 0 Å². The Bertz CT molecular complexity index is 73.9. The van der Waals surface area contributed by atoms with Crippen molar-refractivity contribution in [2.24, 2.45) is 0 Å². The second-order valence-electron chi connectivity index (χ2n) is 0.626. The first-order valence-electron chi connectivity index (χ1n) is 1.21. The molecule has 0 aromatic rings. The Hall–Kier alpha value is -0.0500. The molecule has 3 nitrogen and oxygen atoms in total. The SMILES string of the molecule is [NH3+]C(=S)NP=O. The van der Waals surface area contributed by atoms with Crippen LogP contribution in [-0.4, -0.2) is 5.11 Å². The molecule has 0 saturated heterocycles. The predicted molar refractivity (Wildman–Crippen MR) is 26.2 cm³/mol. The first-order chi connectivity index (χ1) is 2.77. The molecule has 0 aliphatic rings. The van der Waals surface area contributed by atoms with Crippen molar-refractivity contribution in [1.82, 2.24) is 5.09 Å². The summed E-state index contributed by atoms with van der Waals surface area (Å²) in [5.74, 6) is 0. The Morgan fingerprint density at radius 3 is 2.50 bits per heavy atom. The lowest BCUT2D eigenvalue weighted by Crippen LogP contribution is -2.60. The van der Waals surface area contributed by atoms with Crippen molar-refractivity contribution < 1.29 is 10.3 Å². The van der Waals surface area contributed by atoms with Crippen molar-refractivity contribution in [2.75, 3.05) is 0 Å². The van der Waals surface area contributed by atoms with Gasteiger partial charge in [-0.2, -0.15) is 0 Å². The lowest BCUT2D eigenvalue weighted by molar-refractivity contribution is -0.212. The summed E-state index contributed by atoms with van der Waals surface area (Å²) in [6.07, 6.45) is 0. The molecule has 0 aromatic heterocycles. The van der Waals surface area contributed by atoms with Crippen LogP contribution in [0.2, 0.25) is 0 Å².